The van der Waals surface area contributed by atoms with E-state index < -0.39 is 0 Å². The normalized spacial score (nSPS) is 14.0. The van der Waals surface area contributed by atoms with Crippen molar-refractivity contribution in [1.82, 2.24) is 19.8 Å². The van der Waals surface area contributed by atoms with Crippen molar-refractivity contribution in [3.8, 4) is 0 Å². The highest BCUT2D eigenvalue weighted by Crippen LogP contribution is 2.13. The molecule has 0 radical (unpaired) electrons. The third kappa shape index (κ3) is 3.41. The second-order valence-corrected chi connectivity index (χ2v) is 5.71. The summed E-state index contributed by atoms with van der Waals surface area (Å²) in [5.41, 5.74) is 3.15. The SMILES string of the molecule is Cn1c2c(ccc1=O)CCN(C(=O)NCc1cccnc1)CC2. The van der Waals surface area contributed by atoms with Crippen molar-refractivity contribution < 1.29 is 4.79 Å². The smallest absolute Gasteiger partial charge is 0.317 e. The van der Waals surface area contributed by atoms with Gasteiger partial charge in [0.15, 0.2) is 0 Å². The van der Waals surface area contributed by atoms with Crippen LogP contribution in [0.1, 0.15) is 16.8 Å². The molecular weight excluding hydrogens is 292 g/mol. The number of amides is 2. The van der Waals surface area contributed by atoms with Crippen molar-refractivity contribution in [3.05, 3.63) is 63.8 Å². The van der Waals surface area contributed by atoms with E-state index in [-0.39, 0.29) is 11.6 Å². The first kappa shape index (κ1) is 15.3. The van der Waals surface area contributed by atoms with Crippen LogP contribution >= 0.6 is 0 Å². The lowest BCUT2D eigenvalue weighted by molar-refractivity contribution is 0.199. The van der Waals surface area contributed by atoms with Crippen LogP contribution in [0.5, 0.6) is 0 Å². The number of carbonyl (C=O) groups is 1. The lowest BCUT2D eigenvalue weighted by Gasteiger charge is -2.20. The van der Waals surface area contributed by atoms with Gasteiger partial charge in [-0.2, -0.15) is 0 Å². The van der Waals surface area contributed by atoms with E-state index in [1.54, 1.807) is 35.0 Å². The Balaban J connectivity index is 1.64. The number of nitrogens with one attached hydrogen (secondary N) is 1. The number of pyridine rings is 2. The van der Waals surface area contributed by atoms with Crippen molar-refractivity contribution in [2.75, 3.05) is 13.1 Å². The van der Waals surface area contributed by atoms with Gasteiger partial charge >= 0.3 is 6.03 Å². The Hall–Kier alpha value is -2.63. The van der Waals surface area contributed by atoms with Gasteiger partial charge in [-0.15, -0.1) is 0 Å². The summed E-state index contributed by atoms with van der Waals surface area (Å²) in [6.45, 7) is 1.74. The molecule has 1 aliphatic rings. The second kappa shape index (κ2) is 6.64. The molecule has 0 unspecified atom stereocenters. The predicted octanol–water partition coefficient (Wildman–Crippen LogP) is 1.09. The van der Waals surface area contributed by atoms with Crippen molar-refractivity contribution in [2.45, 2.75) is 19.4 Å². The van der Waals surface area contributed by atoms with Crippen LogP contribution in [0.15, 0.2) is 41.5 Å². The number of hydrogen-bond acceptors (Lipinski definition) is 3. The molecule has 6 nitrogen and oxygen atoms in total. The Morgan fingerprint density at radius 2 is 2.09 bits per heavy atom. The molecule has 3 rings (SSSR count). The summed E-state index contributed by atoms with van der Waals surface area (Å²) in [4.78, 5) is 29.9. The molecule has 0 saturated heterocycles. The standard InChI is InChI=1S/C17H20N4O2/c1-20-15-7-10-21(9-6-14(15)4-5-16(20)22)17(23)19-12-13-3-2-8-18-11-13/h2-5,8,11H,6-7,9-10,12H2,1H3,(H,19,23). The van der Waals surface area contributed by atoms with Crippen molar-refractivity contribution in [3.63, 3.8) is 0 Å². The summed E-state index contributed by atoms with van der Waals surface area (Å²) in [6.07, 6.45) is 4.92. The van der Waals surface area contributed by atoms with Gasteiger partial charge < -0.3 is 14.8 Å². The highest BCUT2D eigenvalue weighted by Gasteiger charge is 2.19. The lowest BCUT2D eigenvalue weighted by atomic mass is 10.1. The predicted molar refractivity (Wildman–Crippen MR) is 87.1 cm³/mol. The van der Waals surface area contributed by atoms with Gasteiger partial charge in [-0.1, -0.05) is 12.1 Å². The first-order valence-corrected chi connectivity index (χ1v) is 7.74. The van der Waals surface area contributed by atoms with E-state index in [2.05, 4.69) is 10.3 Å². The Labute approximate surface area is 134 Å². The van der Waals surface area contributed by atoms with Gasteiger partial charge in [-0.05, 0) is 23.6 Å². The number of rotatable bonds is 2. The molecule has 0 saturated carbocycles. The summed E-state index contributed by atoms with van der Waals surface area (Å²) < 4.78 is 1.69. The zero-order chi connectivity index (χ0) is 16.2. The van der Waals surface area contributed by atoms with Crippen LogP contribution in [-0.2, 0) is 26.4 Å². The highest BCUT2D eigenvalue weighted by molar-refractivity contribution is 5.74. The van der Waals surface area contributed by atoms with E-state index in [1.165, 1.54) is 0 Å². The third-order valence-corrected chi connectivity index (χ3v) is 4.26. The minimum atomic E-state index is -0.0772. The Morgan fingerprint density at radius 3 is 2.87 bits per heavy atom. The molecule has 3 heterocycles. The zero-order valence-corrected chi connectivity index (χ0v) is 13.2. The van der Waals surface area contributed by atoms with E-state index in [9.17, 15) is 9.59 Å². The average Bonchev–Trinajstić information content (AvgIpc) is 2.80. The number of urea groups is 1. The van der Waals surface area contributed by atoms with Crippen LogP contribution < -0.4 is 10.9 Å². The third-order valence-electron chi connectivity index (χ3n) is 4.26. The number of aromatic nitrogens is 2. The van der Waals surface area contributed by atoms with Gasteiger partial charge in [-0.3, -0.25) is 9.78 Å². The summed E-state index contributed by atoms with van der Waals surface area (Å²) >= 11 is 0. The summed E-state index contributed by atoms with van der Waals surface area (Å²) in [6, 6.07) is 7.18. The minimum Gasteiger partial charge on any atom is -0.334 e. The molecule has 0 aliphatic carbocycles. The maximum atomic E-state index is 12.4. The average molecular weight is 312 g/mol. The molecule has 0 spiro atoms. The monoisotopic (exact) mass is 312 g/mol. The highest BCUT2D eigenvalue weighted by atomic mass is 16.2. The van der Waals surface area contributed by atoms with Crippen molar-refractivity contribution in [1.29, 1.82) is 0 Å². The molecule has 2 aromatic heterocycles. The Bertz CT molecular complexity index is 755. The van der Waals surface area contributed by atoms with E-state index >= 15 is 0 Å². The molecule has 0 fully saturated rings. The fourth-order valence-electron chi connectivity index (χ4n) is 2.89. The number of fused-ring (bicyclic) bond motifs is 1. The molecule has 1 aliphatic heterocycles. The van der Waals surface area contributed by atoms with Gasteiger partial charge in [-0.25, -0.2) is 4.79 Å². The maximum Gasteiger partial charge on any atom is 0.317 e. The molecule has 0 atom stereocenters. The molecule has 120 valence electrons. The van der Waals surface area contributed by atoms with Crippen LogP contribution in [0.4, 0.5) is 4.79 Å². The van der Waals surface area contributed by atoms with Gasteiger partial charge in [0.2, 0.25) is 5.56 Å². The number of carbonyl (C=O) groups excluding carboxylic acids is 1. The lowest BCUT2D eigenvalue weighted by Crippen LogP contribution is -2.41. The largest absolute Gasteiger partial charge is 0.334 e. The van der Waals surface area contributed by atoms with Gasteiger partial charge in [0, 0.05) is 57.3 Å². The summed E-state index contributed by atoms with van der Waals surface area (Å²) in [7, 11) is 1.79. The molecule has 2 amide bonds. The van der Waals surface area contributed by atoms with Gasteiger partial charge in [0.05, 0.1) is 0 Å². The van der Waals surface area contributed by atoms with Crippen molar-refractivity contribution >= 4 is 6.03 Å². The quantitative estimate of drug-likeness (QED) is 0.902. The molecule has 1 N–H and O–H groups in total. The number of hydrogen-bond donors (Lipinski definition) is 1. The van der Waals surface area contributed by atoms with Crippen LogP contribution in [0.25, 0.3) is 0 Å². The molecule has 6 heteroatoms. The summed E-state index contributed by atoms with van der Waals surface area (Å²) in [5.74, 6) is 0. The van der Waals surface area contributed by atoms with E-state index in [0.29, 0.717) is 26.1 Å². The zero-order valence-electron chi connectivity index (χ0n) is 13.2. The Kier molecular flexibility index (Phi) is 4.41. The van der Waals surface area contributed by atoms with Crippen LogP contribution in [0.3, 0.4) is 0 Å². The molecule has 0 bridgehead atoms. The van der Waals surface area contributed by atoms with Gasteiger partial charge in [0.25, 0.3) is 0 Å². The minimum absolute atomic E-state index is 0.00164. The fourth-order valence-corrected chi connectivity index (χ4v) is 2.89. The maximum absolute atomic E-state index is 12.4. The molecule has 0 aromatic carbocycles. The first-order valence-electron chi connectivity index (χ1n) is 7.74. The first-order chi connectivity index (χ1) is 11.1. The van der Waals surface area contributed by atoms with Gasteiger partial charge in [0.1, 0.15) is 0 Å². The van der Waals surface area contributed by atoms with Crippen LogP contribution in [-0.4, -0.2) is 33.6 Å². The van der Waals surface area contributed by atoms with E-state index in [4.69, 9.17) is 0 Å². The number of nitrogens with zero attached hydrogens (tertiary/aromatic N) is 3. The van der Waals surface area contributed by atoms with E-state index in [1.807, 2.05) is 18.2 Å². The van der Waals surface area contributed by atoms with Crippen LogP contribution in [0.2, 0.25) is 0 Å². The second-order valence-electron chi connectivity index (χ2n) is 5.71. The van der Waals surface area contributed by atoms with Crippen molar-refractivity contribution in [2.24, 2.45) is 7.05 Å². The molecule has 2 aromatic rings. The molecular formula is C17H20N4O2. The fraction of sp³-hybridized carbons (Fsp3) is 0.353. The van der Waals surface area contributed by atoms with E-state index in [0.717, 1.165) is 23.2 Å². The topological polar surface area (TPSA) is 67.2 Å². The van der Waals surface area contributed by atoms with Crippen LogP contribution in [0, 0.1) is 0 Å². The Morgan fingerprint density at radius 1 is 1.26 bits per heavy atom. The summed E-state index contributed by atoms with van der Waals surface area (Å²) in [5, 5.41) is 2.93. The molecule has 23 heavy (non-hydrogen) atoms.